The number of hydrogen-bond donors (Lipinski definition) is 2. The number of anilines is 1. The highest BCUT2D eigenvalue weighted by Crippen LogP contribution is 2.18. The van der Waals surface area contributed by atoms with Gasteiger partial charge in [-0.3, -0.25) is 0 Å². The lowest BCUT2D eigenvalue weighted by Gasteiger charge is -2.11. The Hall–Kier alpha value is -1.86. The summed E-state index contributed by atoms with van der Waals surface area (Å²) in [5.41, 5.74) is 0.502. The summed E-state index contributed by atoms with van der Waals surface area (Å²) in [4.78, 5) is 3.98. The molecule has 0 fully saturated rings. The zero-order valence-corrected chi connectivity index (χ0v) is 12.9. The average molecular weight is 309 g/mol. The SMILES string of the molecule is CCCNc1cccnc1S(=O)(=O)NCc1ccc(C)o1. The Morgan fingerprint density at radius 2 is 2.10 bits per heavy atom. The van der Waals surface area contributed by atoms with Crippen molar-refractivity contribution >= 4 is 15.7 Å². The molecule has 6 nitrogen and oxygen atoms in total. The van der Waals surface area contributed by atoms with Gasteiger partial charge in [0, 0.05) is 12.7 Å². The molecule has 2 rings (SSSR count). The second-order valence-electron chi connectivity index (χ2n) is 4.62. The molecule has 2 aromatic rings. The van der Waals surface area contributed by atoms with Crippen LogP contribution in [0.2, 0.25) is 0 Å². The van der Waals surface area contributed by atoms with Crippen molar-refractivity contribution in [1.82, 2.24) is 9.71 Å². The molecule has 0 radical (unpaired) electrons. The maximum Gasteiger partial charge on any atom is 0.260 e. The molecule has 0 aliphatic carbocycles. The van der Waals surface area contributed by atoms with Gasteiger partial charge in [0.1, 0.15) is 11.5 Å². The molecule has 0 spiro atoms. The van der Waals surface area contributed by atoms with Gasteiger partial charge in [-0.05, 0) is 37.6 Å². The fourth-order valence-electron chi connectivity index (χ4n) is 1.81. The number of sulfonamides is 1. The molecule has 21 heavy (non-hydrogen) atoms. The van der Waals surface area contributed by atoms with Crippen molar-refractivity contribution in [2.24, 2.45) is 0 Å². The van der Waals surface area contributed by atoms with Crippen LogP contribution in [0.25, 0.3) is 0 Å². The number of aryl methyl sites for hydroxylation is 1. The normalized spacial score (nSPS) is 11.5. The molecule has 0 bridgehead atoms. The highest BCUT2D eigenvalue weighted by molar-refractivity contribution is 7.89. The summed E-state index contributed by atoms with van der Waals surface area (Å²) in [6.07, 6.45) is 2.36. The number of aromatic nitrogens is 1. The summed E-state index contributed by atoms with van der Waals surface area (Å²) in [5, 5.41) is 3.07. The van der Waals surface area contributed by atoms with Gasteiger partial charge in [-0.2, -0.15) is 0 Å². The van der Waals surface area contributed by atoms with Gasteiger partial charge in [-0.1, -0.05) is 6.92 Å². The first-order valence-corrected chi connectivity index (χ1v) is 8.25. The summed E-state index contributed by atoms with van der Waals surface area (Å²) in [5.74, 6) is 1.31. The number of furan rings is 1. The van der Waals surface area contributed by atoms with Crippen LogP contribution >= 0.6 is 0 Å². The number of nitrogens with zero attached hydrogens (tertiary/aromatic N) is 1. The van der Waals surface area contributed by atoms with E-state index in [1.807, 2.05) is 13.8 Å². The first-order valence-electron chi connectivity index (χ1n) is 6.77. The molecule has 7 heteroatoms. The second-order valence-corrected chi connectivity index (χ2v) is 6.30. The molecular weight excluding hydrogens is 290 g/mol. The Morgan fingerprint density at radius 3 is 2.76 bits per heavy atom. The van der Waals surface area contributed by atoms with E-state index in [4.69, 9.17) is 4.42 Å². The van der Waals surface area contributed by atoms with Crippen LogP contribution in [0.3, 0.4) is 0 Å². The van der Waals surface area contributed by atoms with E-state index in [0.717, 1.165) is 12.2 Å². The number of pyridine rings is 1. The van der Waals surface area contributed by atoms with Crippen LogP contribution in [0.4, 0.5) is 5.69 Å². The molecule has 0 saturated heterocycles. The molecule has 0 atom stereocenters. The molecular formula is C14H19N3O3S. The minimum atomic E-state index is -3.69. The zero-order chi connectivity index (χ0) is 15.3. The van der Waals surface area contributed by atoms with Gasteiger partial charge in [0.15, 0.2) is 5.03 Å². The Bertz CT molecular complexity index is 695. The third-order valence-electron chi connectivity index (χ3n) is 2.82. The van der Waals surface area contributed by atoms with Gasteiger partial charge in [0.2, 0.25) is 0 Å². The lowest BCUT2D eigenvalue weighted by atomic mass is 10.4. The van der Waals surface area contributed by atoms with Crippen molar-refractivity contribution in [3.05, 3.63) is 42.0 Å². The largest absolute Gasteiger partial charge is 0.465 e. The summed E-state index contributed by atoms with van der Waals surface area (Å²) >= 11 is 0. The van der Waals surface area contributed by atoms with E-state index >= 15 is 0 Å². The van der Waals surface area contributed by atoms with E-state index in [0.29, 0.717) is 18.0 Å². The van der Waals surface area contributed by atoms with Gasteiger partial charge >= 0.3 is 0 Å². The third-order valence-corrected chi connectivity index (χ3v) is 4.18. The molecule has 114 valence electrons. The quantitative estimate of drug-likeness (QED) is 0.819. The average Bonchev–Trinajstić information content (AvgIpc) is 2.89. The van der Waals surface area contributed by atoms with Crippen LogP contribution in [-0.4, -0.2) is 19.9 Å². The van der Waals surface area contributed by atoms with E-state index in [-0.39, 0.29) is 11.6 Å². The summed E-state index contributed by atoms with van der Waals surface area (Å²) in [7, 11) is -3.69. The maximum absolute atomic E-state index is 12.3. The third kappa shape index (κ3) is 4.05. The zero-order valence-electron chi connectivity index (χ0n) is 12.1. The van der Waals surface area contributed by atoms with Crippen LogP contribution in [0.15, 0.2) is 39.9 Å². The topological polar surface area (TPSA) is 84.2 Å². The van der Waals surface area contributed by atoms with Crippen LogP contribution in [0.1, 0.15) is 24.9 Å². The number of hydrogen-bond acceptors (Lipinski definition) is 5. The Balaban J connectivity index is 2.15. The van der Waals surface area contributed by atoms with E-state index in [1.165, 1.54) is 6.20 Å². The van der Waals surface area contributed by atoms with Crippen LogP contribution in [0.5, 0.6) is 0 Å². The number of rotatable bonds is 7. The Labute approximate surface area is 124 Å². The lowest BCUT2D eigenvalue weighted by molar-refractivity contribution is 0.475. The minimum Gasteiger partial charge on any atom is -0.465 e. The predicted octanol–water partition coefficient (Wildman–Crippen LogP) is 2.28. The first-order chi connectivity index (χ1) is 10.0. The first kappa shape index (κ1) is 15.5. The molecule has 0 aliphatic heterocycles. The monoisotopic (exact) mass is 309 g/mol. The molecule has 2 aromatic heterocycles. The lowest BCUT2D eigenvalue weighted by Crippen LogP contribution is -2.25. The molecule has 0 unspecified atom stereocenters. The molecule has 0 aliphatic rings. The standard InChI is InChI=1S/C14H19N3O3S/c1-3-8-15-13-5-4-9-16-14(13)21(18,19)17-10-12-7-6-11(2)20-12/h4-7,9,15,17H,3,8,10H2,1-2H3. The second kappa shape index (κ2) is 6.73. The van der Waals surface area contributed by atoms with Crippen LogP contribution in [0, 0.1) is 6.92 Å². The highest BCUT2D eigenvalue weighted by atomic mass is 32.2. The van der Waals surface area contributed by atoms with Crippen molar-refractivity contribution < 1.29 is 12.8 Å². The fraction of sp³-hybridized carbons (Fsp3) is 0.357. The fourth-order valence-corrected chi connectivity index (χ4v) is 2.91. The van der Waals surface area contributed by atoms with Crippen molar-refractivity contribution in [2.75, 3.05) is 11.9 Å². The predicted molar refractivity (Wildman–Crippen MR) is 80.5 cm³/mol. The van der Waals surface area contributed by atoms with E-state index in [1.54, 1.807) is 24.3 Å². The Kier molecular flexibility index (Phi) is 4.98. The van der Waals surface area contributed by atoms with Crippen molar-refractivity contribution in [2.45, 2.75) is 31.8 Å². The van der Waals surface area contributed by atoms with E-state index in [2.05, 4.69) is 15.0 Å². The van der Waals surface area contributed by atoms with Gasteiger partial charge in [-0.15, -0.1) is 0 Å². The summed E-state index contributed by atoms with van der Waals surface area (Å²) in [6.45, 7) is 4.60. The molecule has 0 aromatic carbocycles. The van der Waals surface area contributed by atoms with E-state index in [9.17, 15) is 8.42 Å². The van der Waals surface area contributed by atoms with Gasteiger partial charge in [0.05, 0.1) is 12.2 Å². The maximum atomic E-state index is 12.3. The summed E-state index contributed by atoms with van der Waals surface area (Å²) < 4.78 is 32.5. The van der Waals surface area contributed by atoms with Crippen molar-refractivity contribution in [1.29, 1.82) is 0 Å². The van der Waals surface area contributed by atoms with Crippen LogP contribution < -0.4 is 10.0 Å². The van der Waals surface area contributed by atoms with E-state index < -0.39 is 10.0 Å². The molecule has 0 amide bonds. The summed E-state index contributed by atoms with van der Waals surface area (Å²) in [6, 6.07) is 6.94. The van der Waals surface area contributed by atoms with Crippen molar-refractivity contribution in [3.8, 4) is 0 Å². The highest BCUT2D eigenvalue weighted by Gasteiger charge is 2.20. The smallest absolute Gasteiger partial charge is 0.260 e. The van der Waals surface area contributed by atoms with Crippen LogP contribution in [-0.2, 0) is 16.6 Å². The number of nitrogens with one attached hydrogen (secondary N) is 2. The minimum absolute atomic E-state index is 0.00160. The van der Waals surface area contributed by atoms with Gasteiger partial charge in [0.25, 0.3) is 10.0 Å². The molecule has 0 saturated carbocycles. The van der Waals surface area contributed by atoms with Crippen molar-refractivity contribution in [3.63, 3.8) is 0 Å². The molecule has 2 heterocycles. The van der Waals surface area contributed by atoms with Gasteiger partial charge < -0.3 is 9.73 Å². The Morgan fingerprint density at radius 1 is 1.29 bits per heavy atom. The van der Waals surface area contributed by atoms with Gasteiger partial charge in [-0.25, -0.2) is 18.1 Å². The molecule has 2 N–H and O–H groups in total.